The minimum absolute atomic E-state index is 0.401. The minimum Gasteiger partial charge on any atom is -0.443 e. The molecule has 0 bridgehead atoms. The van der Waals surface area contributed by atoms with E-state index < -0.39 is 0 Å². The zero-order valence-corrected chi connectivity index (χ0v) is 14.2. The molecule has 1 aromatic heterocycles. The minimum atomic E-state index is 0.401. The van der Waals surface area contributed by atoms with Gasteiger partial charge >= 0.3 is 0 Å². The number of nitrogens with zero attached hydrogens (tertiary/aromatic N) is 3. The maximum atomic E-state index is 5.98. The molecule has 0 radical (unpaired) electrons. The molecule has 0 saturated carbocycles. The highest BCUT2D eigenvalue weighted by Gasteiger charge is 2.31. The summed E-state index contributed by atoms with van der Waals surface area (Å²) in [6.45, 7) is 6.01. The van der Waals surface area contributed by atoms with E-state index >= 15 is 0 Å². The van der Waals surface area contributed by atoms with E-state index in [2.05, 4.69) is 42.0 Å². The maximum Gasteiger partial charge on any atom is 0.194 e. The molecule has 0 amide bonds. The van der Waals surface area contributed by atoms with Gasteiger partial charge < -0.3 is 14.2 Å². The van der Waals surface area contributed by atoms with Crippen molar-refractivity contribution < 1.29 is 4.42 Å². The molecule has 4 rings (SSSR count). The summed E-state index contributed by atoms with van der Waals surface area (Å²) >= 11 is 5.98. The summed E-state index contributed by atoms with van der Waals surface area (Å²) in [5.41, 5.74) is 4.52. The zero-order chi connectivity index (χ0) is 16.0. The molecule has 0 N–H and O–H groups in total. The smallest absolute Gasteiger partial charge is 0.194 e. The van der Waals surface area contributed by atoms with Gasteiger partial charge in [-0.15, -0.1) is 0 Å². The monoisotopic (exact) mass is 329 g/mol. The van der Waals surface area contributed by atoms with Crippen LogP contribution in [0.2, 0.25) is 5.22 Å². The van der Waals surface area contributed by atoms with Crippen molar-refractivity contribution in [1.29, 1.82) is 0 Å². The molecule has 1 fully saturated rings. The lowest BCUT2D eigenvalue weighted by Gasteiger charge is -2.40. The van der Waals surface area contributed by atoms with Gasteiger partial charge in [0.05, 0.1) is 12.6 Å². The van der Waals surface area contributed by atoms with Gasteiger partial charge in [-0.25, -0.2) is 0 Å². The van der Waals surface area contributed by atoms with Crippen molar-refractivity contribution in [3.8, 4) is 0 Å². The number of hydrogen-bond acceptors (Lipinski definition) is 4. The third-order valence-corrected chi connectivity index (χ3v) is 4.87. The molecule has 2 aromatic rings. The molecular formula is C18H20ClN3O. The molecule has 1 aromatic carbocycles. The van der Waals surface area contributed by atoms with Crippen LogP contribution in [-0.4, -0.2) is 49.9 Å². The fourth-order valence-corrected chi connectivity index (χ4v) is 3.65. The van der Waals surface area contributed by atoms with Crippen molar-refractivity contribution in [3.63, 3.8) is 0 Å². The number of furan rings is 1. The van der Waals surface area contributed by atoms with E-state index in [1.165, 1.54) is 11.3 Å². The number of aliphatic imine (C=N–C) groups is 1. The number of halogens is 1. The molecule has 2 aliphatic heterocycles. The van der Waals surface area contributed by atoms with Crippen molar-refractivity contribution in [2.45, 2.75) is 13.0 Å². The summed E-state index contributed by atoms with van der Waals surface area (Å²) in [4.78, 5) is 9.77. The highest BCUT2D eigenvalue weighted by molar-refractivity contribution is 6.29. The van der Waals surface area contributed by atoms with Crippen molar-refractivity contribution >= 4 is 23.0 Å². The number of hydrogen-bond donors (Lipinski definition) is 0. The van der Waals surface area contributed by atoms with E-state index in [0.29, 0.717) is 11.3 Å². The molecule has 0 spiro atoms. The van der Waals surface area contributed by atoms with Crippen molar-refractivity contribution in [2.24, 2.45) is 4.99 Å². The van der Waals surface area contributed by atoms with Crippen LogP contribution in [0.4, 0.5) is 5.69 Å². The highest BCUT2D eigenvalue weighted by atomic mass is 35.5. The Morgan fingerprint density at radius 1 is 1.22 bits per heavy atom. The van der Waals surface area contributed by atoms with Crippen LogP contribution >= 0.6 is 11.6 Å². The predicted octanol–water partition coefficient (Wildman–Crippen LogP) is 3.21. The fourth-order valence-electron chi connectivity index (χ4n) is 3.51. The Hall–Kier alpha value is -1.78. The number of anilines is 1. The molecule has 5 heteroatoms. The van der Waals surface area contributed by atoms with Crippen LogP contribution in [0.25, 0.3) is 0 Å². The standard InChI is InChI=1S/C18H20ClN3O/c1-12-3-4-15-14(9-12)18(16-5-6-17(19)23-16)20-10-13-11-21(2)7-8-22(13)15/h3-6,9,13H,7-8,10-11H2,1-2H3. The van der Waals surface area contributed by atoms with E-state index in [1.807, 2.05) is 6.07 Å². The van der Waals surface area contributed by atoms with Gasteiger partial charge in [-0.2, -0.15) is 0 Å². The first-order chi connectivity index (χ1) is 11.1. The lowest BCUT2D eigenvalue weighted by atomic mass is 10.0. The molecule has 3 heterocycles. The summed E-state index contributed by atoms with van der Waals surface area (Å²) in [6.07, 6.45) is 0. The van der Waals surface area contributed by atoms with Crippen LogP contribution in [0.3, 0.4) is 0 Å². The van der Waals surface area contributed by atoms with Crippen LogP contribution in [-0.2, 0) is 0 Å². The van der Waals surface area contributed by atoms with Gasteiger partial charge in [-0.3, -0.25) is 4.99 Å². The number of likely N-dealkylation sites (N-methyl/N-ethyl adjacent to an activating group) is 1. The average molecular weight is 330 g/mol. The third kappa shape index (κ3) is 2.66. The number of rotatable bonds is 1. The van der Waals surface area contributed by atoms with Gasteiger partial charge in [-0.1, -0.05) is 11.6 Å². The summed E-state index contributed by atoms with van der Waals surface area (Å²) in [6, 6.07) is 10.7. The number of piperazine rings is 1. The lowest BCUT2D eigenvalue weighted by molar-refractivity contribution is 0.270. The van der Waals surface area contributed by atoms with Crippen LogP contribution in [0.15, 0.2) is 39.7 Å². The van der Waals surface area contributed by atoms with Gasteiger partial charge in [-0.05, 0) is 49.8 Å². The average Bonchev–Trinajstić information content (AvgIpc) is 2.88. The van der Waals surface area contributed by atoms with Gasteiger partial charge in [0.15, 0.2) is 11.0 Å². The van der Waals surface area contributed by atoms with Gasteiger partial charge in [0, 0.05) is 30.9 Å². The van der Waals surface area contributed by atoms with E-state index in [-0.39, 0.29) is 0 Å². The second kappa shape index (κ2) is 5.69. The first-order valence-electron chi connectivity index (χ1n) is 7.98. The van der Waals surface area contributed by atoms with E-state index in [1.54, 1.807) is 6.07 Å². The Bertz CT molecular complexity index is 767. The first kappa shape index (κ1) is 14.8. The number of benzene rings is 1. The molecule has 4 nitrogen and oxygen atoms in total. The SMILES string of the molecule is Cc1ccc2c(c1)C(c1ccc(Cl)o1)=NCC1CN(C)CCN21. The molecule has 1 atom stereocenters. The largest absolute Gasteiger partial charge is 0.443 e. The summed E-state index contributed by atoms with van der Waals surface area (Å²) in [5.74, 6) is 0.745. The van der Waals surface area contributed by atoms with Crippen LogP contribution in [0.5, 0.6) is 0 Å². The van der Waals surface area contributed by atoms with Gasteiger partial charge in [0.2, 0.25) is 0 Å². The maximum absolute atomic E-state index is 5.98. The topological polar surface area (TPSA) is 32.0 Å². The van der Waals surface area contributed by atoms with Crippen LogP contribution < -0.4 is 4.90 Å². The van der Waals surface area contributed by atoms with Crippen molar-refractivity contribution in [3.05, 3.63) is 52.4 Å². The summed E-state index contributed by atoms with van der Waals surface area (Å²) < 4.78 is 5.66. The predicted molar refractivity (Wildman–Crippen MR) is 94.0 cm³/mol. The molecule has 23 heavy (non-hydrogen) atoms. The summed E-state index contributed by atoms with van der Waals surface area (Å²) in [7, 11) is 2.18. The molecule has 0 aliphatic carbocycles. The van der Waals surface area contributed by atoms with Crippen LogP contribution in [0.1, 0.15) is 16.9 Å². The van der Waals surface area contributed by atoms with Gasteiger partial charge in [0.1, 0.15) is 5.71 Å². The van der Waals surface area contributed by atoms with Gasteiger partial charge in [0.25, 0.3) is 0 Å². The Balaban J connectivity index is 1.85. The zero-order valence-electron chi connectivity index (χ0n) is 13.4. The highest BCUT2D eigenvalue weighted by Crippen LogP contribution is 2.31. The quantitative estimate of drug-likeness (QED) is 0.805. The molecule has 1 unspecified atom stereocenters. The molecule has 2 aliphatic rings. The van der Waals surface area contributed by atoms with Crippen LogP contribution in [0, 0.1) is 6.92 Å². The van der Waals surface area contributed by atoms with Crippen molar-refractivity contribution in [1.82, 2.24) is 4.90 Å². The second-order valence-electron chi connectivity index (χ2n) is 6.42. The van der Waals surface area contributed by atoms with E-state index in [9.17, 15) is 0 Å². The Kier molecular flexibility index (Phi) is 3.66. The second-order valence-corrected chi connectivity index (χ2v) is 6.80. The normalized spacial score (nSPS) is 21.4. The Labute approximate surface area is 141 Å². The third-order valence-electron chi connectivity index (χ3n) is 4.67. The number of fused-ring (bicyclic) bond motifs is 3. The van der Waals surface area contributed by atoms with Crippen molar-refractivity contribution in [2.75, 3.05) is 38.1 Å². The fraction of sp³-hybridized carbons (Fsp3) is 0.389. The molecule has 120 valence electrons. The van der Waals surface area contributed by atoms with E-state index in [0.717, 1.165) is 43.2 Å². The van der Waals surface area contributed by atoms with E-state index in [4.69, 9.17) is 21.0 Å². The lowest BCUT2D eigenvalue weighted by Crippen LogP contribution is -2.53. The summed E-state index contributed by atoms with van der Waals surface area (Å²) in [5, 5.41) is 0.401. The Morgan fingerprint density at radius 2 is 2.09 bits per heavy atom. The first-order valence-corrected chi connectivity index (χ1v) is 8.36. The molecular weight excluding hydrogens is 310 g/mol. The Morgan fingerprint density at radius 3 is 2.87 bits per heavy atom. The number of aryl methyl sites for hydroxylation is 1. The molecule has 1 saturated heterocycles.